The van der Waals surface area contributed by atoms with Gasteiger partial charge in [-0.25, -0.2) is 0 Å². The zero-order valence-electron chi connectivity index (χ0n) is 44.5. The molecule has 5 nitrogen and oxygen atoms in total. The first kappa shape index (κ1) is 50.8. The second-order valence-electron chi connectivity index (χ2n) is 20.2. The molecule has 3 heterocycles. The second-order valence-corrected chi connectivity index (χ2v) is 20.2. The second kappa shape index (κ2) is 22.0. The van der Waals surface area contributed by atoms with Gasteiger partial charge >= 0.3 is 6.97 Å². The van der Waals surface area contributed by atoms with Crippen LogP contribution in [0, 0.1) is 27.7 Å². The van der Waals surface area contributed by atoms with Gasteiger partial charge in [0, 0.05) is 28.1 Å². The van der Waals surface area contributed by atoms with Crippen molar-refractivity contribution in [3.63, 3.8) is 0 Å². The number of allylic oxidation sites excluding steroid dienone is 2. The molecule has 2 aliphatic heterocycles. The summed E-state index contributed by atoms with van der Waals surface area (Å²) in [7, 11) is 0. The molecule has 7 aromatic carbocycles. The average molecular weight is 997 g/mol. The maximum Gasteiger partial charge on any atom is 0.738 e. The van der Waals surface area contributed by atoms with Gasteiger partial charge in [0.25, 0.3) is 0 Å². The molecule has 0 spiro atoms. The minimum atomic E-state index is -4.76. The summed E-state index contributed by atoms with van der Waals surface area (Å²) in [6.45, 7) is 11.6. The predicted molar refractivity (Wildman–Crippen MR) is 307 cm³/mol. The zero-order chi connectivity index (χ0) is 52.2. The van der Waals surface area contributed by atoms with Crippen LogP contribution in [0.15, 0.2) is 176 Å². The SMILES string of the molecule is CCCCOc1ccc(C2=C(c3ccc(C)cc3)C(c3ccc(C)cc3)=[N+]3C2=C(c2ccc(OCCCC)cc2)c2c(-c4ccc(OCCCC)cc4)c(-c4ccc(C)cc4)c(-c4ccc(C)cc4)n2[B-]3(F)F)cc1. The third-order valence-electron chi connectivity index (χ3n) is 14.6. The highest BCUT2D eigenvalue weighted by Crippen LogP contribution is 2.57. The number of fused-ring (bicyclic) bond motifs is 2. The van der Waals surface area contributed by atoms with E-state index in [1.807, 2.05) is 123 Å². The summed E-state index contributed by atoms with van der Waals surface area (Å²) in [5.41, 5.74) is 14.9. The molecule has 0 fully saturated rings. The molecule has 10 rings (SSSR count). The van der Waals surface area contributed by atoms with Crippen LogP contribution in [0.3, 0.4) is 0 Å². The third kappa shape index (κ3) is 10.0. The Kier molecular flexibility index (Phi) is 14.9. The largest absolute Gasteiger partial charge is 0.738 e. The molecular weight excluding hydrogens is 930 g/mol. The van der Waals surface area contributed by atoms with Crippen LogP contribution >= 0.6 is 0 Å². The van der Waals surface area contributed by atoms with Crippen molar-refractivity contribution < 1.29 is 27.3 Å². The summed E-state index contributed by atoms with van der Waals surface area (Å²) in [6.07, 6.45) is 5.79. The topological polar surface area (TPSA) is 35.6 Å². The number of unbranched alkanes of at least 4 members (excludes halogenated alkanes) is 3. The lowest BCUT2D eigenvalue weighted by Crippen LogP contribution is -2.52. The van der Waals surface area contributed by atoms with Gasteiger partial charge in [-0.3, -0.25) is 0 Å². The first-order chi connectivity index (χ1) is 36.5. The van der Waals surface area contributed by atoms with Crippen molar-refractivity contribution in [1.82, 2.24) is 4.48 Å². The van der Waals surface area contributed by atoms with E-state index >= 15 is 8.63 Å². The van der Waals surface area contributed by atoms with E-state index in [1.54, 1.807) is 0 Å². The Morgan fingerprint density at radius 2 is 0.693 bits per heavy atom. The summed E-state index contributed by atoms with van der Waals surface area (Å²) in [5, 5.41) is 0. The van der Waals surface area contributed by atoms with Gasteiger partial charge in [-0.2, -0.15) is 0 Å². The molecule has 0 atom stereocenters. The van der Waals surface area contributed by atoms with Gasteiger partial charge in [-0.15, -0.1) is 0 Å². The summed E-state index contributed by atoms with van der Waals surface area (Å²) in [4.78, 5) is 0. The Balaban J connectivity index is 1.42. The van der Waals surface area contributed by atoms with Gasteiger partial charge in [-0.05, 0) is 129 Å². The minimum Gasteiger partial charge on any atom is -0.494 e. The van der Waals surface area contributed by atoms with Crippen LogP contribution < -0.4 is 14.2 Å². The smallest absolute Gasteiger partial charge is 0.494 e. The quantitative estimate of drug-likeness (QED) is 0.0598. The Labute approximate surface area is 442 Å². The molecule has 0 N–H and O–H groups in total. The van der Waals surface area contributed by atoms with E-state index in [-0.39, 0.29) is 0 Å². The summed E-state index contributed by atoms with van der Waals surface area (Å²) >= 11 is 0. The highest BCUT2D eigenvalue weighted by molar-refractivity contribution is 6.61. The van der Waals surface area contributed by atoms with E-state index in [2.05, 4.69) is 95.3 Å². The molecule has 380 valence electrons. The summed E-state index contributed by atoms with van der Waals surface area (Å²) < 4.78 is 61.9. The normalized spacial score (nSPS) is 13.8. The fraction of sp³-hybridized carbons (Fsp3) is 0.239. The molecule has 1 aromatic heterocycles. The molecule has 0 aliphatic carbocycles. The van der Waals surface area contributed by atoms with Crippen molar-refractivity contribution in [2.45, 2.75) is 87.0 Å². The van der Waals surface area contributed by atoms with Crippen molar-refractivity contribution in [3.05, 3.63) is 226 Å². The molecule has 0 bridgehead atoms. The lowest BCUT2D eigenvalue weighted by molar-refractivity contribution is -0.358. The lowest BCUT2D eigenvalue weighted by Gasteiger charge is -2.35. The van der Waals surface area contributed by atoms with Gasteiger partial charge in [0.1, 0.15) is 17.2 Å². The van der Waals surface area contributed by atoms with Gasteiger partial charge < -0.3 is 31.8 Å². The van der Waals surface area contributed by atoms with Gasteiger partial charge in [0.15, 0.2) is 11.4 Å². The lowest BCUT2D eigenvalue weighted by atomic mass is 9.81. The number of halogens is 2. The Bertz CT molecular complexity index is 3410. The van der Waals surface area contributed by atoms with Crippen molar-refractivity contribution in [2.24, 2.45) is 0 Å². The summed E-state index contributed by atoms with van der Waals surface area (Å²) in [6, 6.07) is 56.9. The fourth-order valence-electron chi connectivity index (χ4n) is 10.5. The minimum absolute atomic E-state index is 0.433. The molecular formula is C67H67BF2N2O3. The van der Waals surface area contributed by atoms with Gasteiger partial charge in [0.2, 0.25) is 0 Å². The van der Waals surface area contributed by atoms with E-state index in [0.717, 1.165) is 117 Å². The van der Waals surface area contributed by atoms with Crippen molar-refractivity contribution in [3.8, 4) is 50.8 Å². The Morgan fingerprint density at radius 1 is 0.373 bits per heavy atom. The molecule has 8 heteroatoms. The number of nitrogens with zero attached hydrogens (tertiary/aromatic N) is 2. The molecule has 0 radical (unpaired) electrons. The number of ether oxygens (including phenoxy) is 3. The van der Waals surface area contributed by atoms with E-state index in [1.165, 1.54) is 8.96 Å². The van der Waals surface area contributed by atoms with E-state index in [9.17, 15) is 0 Å². The highest BCUT2D eigenvalue weighted by Gasteiger charge is 2.60. The van der Waals surface area contributed by atoms with Crippen LogP contribution in [-0.2, 0) is 0 Å². The molecule has 0 saturated carbocycles. The Hall–Kier alpha value is -7.71. The monoisotopic (exact) mass is 997 g/mol. The molecule has 0 saturated heterocycles. The van der Waals surface area contributed by atoms with Crippen molar-refractivity contribution in [1.29, 1.82) is 0 Å². The Morgan fingerprint density at radius 3 is 1.11 bits per heavy atom. The highest BCUT2D eigenvalue weighted by atomic mass is 19.2. The number of rotatable bonds is 19. The first-order valence-corrected chi connectivity index (χ1v) is 26.9. The van der Waals surface area contributed by atoms with E-state index in [4.69, 9.17) is 14.2 Å². The van der Waals surface area contributed by atoms with Gasteiger partial charge in [-0.1, -0.05) is 184 Å². The molecule has 75 heavy (non-hydrogen) atoms. The van der Waals surface area contributed by atoms with Crippen LogP contribution in [0.2, 0.25) is 0 Å². The van der Waals surface area contributed by atoms with Crippen molar-refractivity contribution in [2.75, 3.05) is 19.8 Å². The standard InChI is InChI=1S/C67H67BF2N2O3/c1-8-11-42-73-56-36-30-51(31-37-56)61-59(49-22-14-45(4)15-23-49)64(54-26-18-47(6)19-27-54)71-66(61)63(53-34-40-58(41-35-53)75-44-13-10-3)67-62(52-32-38-57(39-33-52)74-43-12-9-2)60(50-24-16-46(5)17-25-50)65(72(67)68(71,69)70)55-28-20-48(7)21-29-55/h14-41H,8-13,42-44H2,1-7H3. The van der Waals surface area contributed by atoms with Crippen LogP contribution in [-0.4, -0.2) is 41.5 Å². The van der Waals surface area contributed by atoms with Crippen LogP contribution in [0.5, 0.6) is 17.2 Å². The zero-order valence-corrected chi connectivity index (χ0v) is 44.5. The number of benzene rings is 7. The number of hydrogen-bond donors (Lipinski definition) is 0. The number of aryl methyl sites for hydroxylation is 4. The van der Waals surface area contributed by atoms with Crippen LogP contribution in [0.1, 0.15) is 109 Å². The molecule has 2 aliphatic rings. The number of hydrogen-bond acceptors (Lipinski definition) is 3. The predicted octanol–water partition coefficient (Wildman–Crippen LogP) is 17.4. The molecule has 8 aromatic rings. The summed E-state index contributed by atoms with van der Waals surface area (Å²) in [5.74, 6) is 2.19. The van der Waals surface area contributed by atoms with Gasteiger partial charge in [0.05, 0.1) is 36.5 Å². The van der Waals surface area contributed by atoms with Crippen LogP contribution in [0.25, 0.3) is 50.2 Å². The maximum atomic E-state index is 20.1. The fourth-order valence-corrected chi connectivity index (χ4v) is 10.5. The average Bonchev–Trinajstić information content (AvgIpc) is 4.20. The van der Waals surface area contributed by atoms with Crippen LogP contribution in [0.4, 0.5) is 8.63 Å². The third-order valence-corrected chi connectivity index (χ3v) is 14.6. The van der Waals surface area contributed by atoms with Crippen molar-refractivity contribution >= 4 is 29.4 Å². The number of aromatic nitrogens is 1. The molecule has 0 amide bonds. The molecule has 0 unspecified atom stereocenters. The van der Waals surface area contributed by atoms with E-state index in [0.29, 0.717) is 70.5 Å². The first-order valence-electron chi connectivity index (χ1n) is 26.9. The maximum absolute atomic E-state index is 20.1. The van der Waals surface area contributed by atoms with E-state index < -0.39 is 6.97 Å².